The number of carbonyl (C=O) groups excluding carboxylic acids is 13. The lowest BCUT2D eigenvalue weighted by molar-refractivity contribution is -0.144. The number of carbonyl (C=O) groups is 14. The number of aliphatic carboxylic acids is 1. The highest BCUT2D eigenvalue weighted by molar-refractivity contribution is 7.98. The molecule has 0 aliphatic heterocycles. The van der Waals surface area contributed by atoms with E-state index < -0.39 is 199 Å². The predicted octanol–water partition coefficient (Wildman–Crippen LogP) is -0.932. The van der Waals surface area contributed by atoms with E-state index in [1.54, 1.807) is 130 Å². The summed E-state index contributed by atoms with van der Waals surface area (Å²) >= 11 is 1.48. The van der Waals surface area contributed by atoms with Gasteiger partial charge in [0.1, 0.15) is 66.5 Å². The number of nitrogens with two attached hydrogens (primary N) is 2. The average molecular weight is 1480 g/mol. The minimum atomic E-state index is -1.71. The van der Waals surface area contributed by atoms with Gasteiger partial charge in [0.15, 0.2) is 0 Å². The van der Waals surface area contributed by atoms with Crippen LogP contribution >= 0.6 is 11.8 Å². The minimum absolute atomic E-state index is 0.00884. The molecule has 0 saturated heterocycles. The summed E-state index contributed by atoms with van der Waals surface area (Å²) in [5.41, 5.74) is 13.2. The summed E-state index contributed by atoms with van der Waals surface area (Å²) in [4.78, 5) is 195. The van der Waals surface area contributed by atoms with E-state index in [0.717, 1.165) is 0 Å². The molecule has 0 spiro atoms. The van der Waals surface area contributed by atoms with Gasteiger partial charge < -0.3 is 95.6 Å². The first-order valence-electron chi connectivity index (χ1n) is 35.3. The van der Waals surface area contributed by atoms with Crippen molar-refractivity contribution in [3.05, 3.63) is 71.9 Å². The zero-order valence-corrected chi connectivity index (χ0v) is 62.4. The molecule has 0 unspecified atom stereocenters. The summed E-state index contributed by atoms with van der Waals surface area (Å²) in [5.74, 6) is -14.3. The van der Waals surface area contributed by atoms with Crippen molar-refractivity contribution in [1.82, 2.24) is 68.8 Å². The Balaban J connectivity index is 1.93. The van der Waals surface area contributed by atoms with Gasteiger partial charge in [-0.15, -0.1) is 0 Å². The Kier molecular flexibility index (Phi) is 38.6. The highest BCUT2D eigenvalue weighted by Gasteiger charge is 2.39. The van der Waals surface area contributed by atoms with Crippen LogP contribution in [0.25, 0.3) is 10.9 Å². The molecule has 0 aliphatic carbocycles. The summed E-state index contributed by atoms with van der Waals surface area (Å²) in [6.45, 7) is 15.9. The number of hydrogen-bond acceptors (Lipinski definition) is 18. The first kappa shape index (κ1) is 89.0. The van der Waals surface area contributed by atoms with Crippen molar-refractivity contribution in [3.63, 3.8) is 0 Å². The molecule has 0 fully saturated rings. The SMILES string of the molecule is CC[C@H](C)[C@H](NC(=O)[C@@H](NC(=O)[C@H](CO)NC(=O)[C@H](Cc1c[nH]c2ccccc12)NC(=O)[C@H](Cc1ccccc1)NC(=O)[C@H](CC(C)C)NC(=O)[C@@H](NC(=O)[C@H](CCC(N)=O)NC(=O)CNC(=O)[C@H](CC(C)C)NC(=O)[C@H](CO)NC(=O)[C@H](C)NC(=O)[C@@H](N)CCSC)[C@@H](C)CC)[C@@H](C)CC)C(=O)O. The van der Waals surface area contributed by atoms with E-state index in [4.69, 9.17) is 11.5 Å². The van der Waals surface area contributed by atoms with Gasteiger partial charge in [-0.1, -0.05) is 137 Å². The highest BCUT2D eigenvalue weighted by atomic mass is 32.2. The Morgan fingerprint density at radius 3 is 1.42 bits per heavy atom. The number of aromatic nitrogens is 1. The number of H-pyrrole nitrogens is 1. The lowest BCUT2D eigenvalue weighted by Crippen LogP contribution is -2.62. The van der Waals surface area contributed by atoms with Gasteiger partial charge in [-0.25, -0.2) is 4.79 Å². The van der Waals surface area contributed by atoms with Crippen LogP contribution in [0.15, 0.2) is 60.8 Å². The van der Waals surface area contributed by atoms with Gasteiger partial charge in [0.25, 0.3) is 0 Å². The van der Waals surface area contributed by atoms with Crippen LogP contribution in [0.2, 0.25) is 0 Å². The molecular weight excluding hydrogens is 1370 g/mol. The molecule has 0 radical (unpaired) electrons. The van der Waals surface area contributed by atoms with Crippen LogP contribution in [0.3, 0.4) is 0 Å². The molecule has 13 amide bonds. The number of hydrogen-bond donors (Lipinski definition) is 18. The molecule has 578 valence electrons. The van der Waals surface area contributed by atoms with Crippen molar-refractivity contribution in [2.45, 2.75) is 213 Å². The molecule has 3 rings (SSSR count). The largest absolute Gasteiger partial charge is 0.480 e. The van der Waals surface area contributed by atoms with E-state index >= 15 is 0 Å². The van der Waals surface area contributed by atoms with E-state index in [1.165, 1.54) is 18.7 Å². The minimum Gasteiger partial charge on any atom is -0.480 e. The first-order chi connectivity index (χ1) is 49.1. The number of benzene rings is 2. The van der Waals surface area contributed by atoms with E-state index in [9.17, 15) is 82.4 Å². The fraction of sp³-hybridized carbons (Fsp3) is 0.606. The van der Waals surface area contributed by atoms with E-state index in [2.05, 4.69) is 68.8 Å². The molecule has 104 heavy (non-hydrogen) atoms. The van der Waals surface area contributed by atoms with Crippen molar-refractivity contribution >= 4 is 105 Å². The maximum absolute atomic E-state index is 15.0. The molecule has 0 aliphatic rings. The van der Waals surface area contributed by atoms with Gasteiger partial charge in [0.05, 0.1) is 25.8 Å². The van der Waals surface area contributed by atoms with Gasteiger partial charge in [-0.3, -0.25) is 62.3 Å². The van der Waals surface area contributed by atoms with E-state index in [1.807, 2.05) is 6.26 Å². The van der Waals surface area contributed by atoms with Crippen LogP contribution in [0.5, 0.6) is 0 Å². The number of rotatable bonds is 47. The number of para-hydroxylation sites is 1. The molecule has 20 N–H and O–H groups in total. The monoisotopic (exact) mass is 1480 g/mol. The fourth-order valence-electron chi connectivity index (χ4n) is 10.9. The molecule has 32 nitrogen and oxygen atoms in total. The van der Waals surface area contributed by atoms with E-state index in [0.29, 0.717) is 47.0 Å². The van der Waals surface area contributed by atoms with Gasteiger partial charge in [0, 0.05) is 36.4 Å². The maximum Gasteiger partial charge on any atom is 0.326 e. The molecular formula is C71H111N15O17S. The Bertz CT molecular complexity index is 3380. The number of aromatic amines is 1. The lowest BCUT2D eigenvalue weighted by atomic mass is 9.95. The standard InChI is InChI=1S/C71H111N15O17S/c1-13-39(8)57(84-63(94)48(25-26-55(73)89)77-56(90)34-75-62(93)49(29-37(4)5)78-67(98)53(35-87)82-60(91)42(11)76-61(92)46(72)27-28-104-12)69(100)81-50(30-38(6)7)64(95)79-51(31-43-21-17-16-18-22-43)65(96)80-52(32-44-33-74-47-24-20-19-23-45(44)47)66(97)83-54(36-88)68(99)85-58(40(9)14-2)70(101)86-59(71(102)103)41(10)15-3/h16-24,33,37-42,46,48-54,57-59,74,87-88H,13-15,25-32,34-36,72H2,1-12H3,(H2,73,89)(H,75,93)(H,76,92)(H,77,90)(H,78,98)(H,79,95)(H,80,96)(H,81,100)(H,82,91)(H,83,97)(H,84,94)(H,85,99)(H,86,101)(H,102,103)/t39-,40-,41-,42-,46-,48-,49-,50-,51-,52-,53-,54-,57-,58-,59-/m0/s1. The Hall–Kier alpha value is -9.21. The first-order valence-corrected chi connectivity index (χ1v) is 36.7. The number of aliphatic hydroxyl groups excluding tert-OH is 2. The average Bonchev–Trinajstić information content (AvgIpc) is 1.70. The normalized spacial score (nSPS) is 15.7. The number of aliphatic hydroxyl groups is 2. The Morgan fingerprint density at radius 2 is 0.904 bits per heavy atom. The third kappa shape index (κ3) is 29.5. The number of nitrogens with one attached hydrogen (secondary N) is 13. The maximum atomic E-state index is 15.0. The van der Waals surface area contributed by atoms with Crippen LogP contribution < -0.4 is 75.3 Å². The number of carboxylic acids is 1. The molecule has 2 aromatic carbocycles. The molecule has 0 bridgehead atoms. The molecule has 1 heterocycles. The third-order valence-electron chi connectivity index (χ3n) is 17.8. The zero-order valence-electron chi connectivity index (χ0n) is 61.6. The van der Waals surface area contributed by atoms with Crippen LogP contribution in [-0.4, -0.2) is 207 Å². The van der Waals surface area contributed by atoms with Crippen LogP contribution in [0.4, 0.5) is 0 Å². The molecule has 0 saturated carbocycles. The smallest absolute Gasteiger partial charge is 0.326 e. The van der Waals surface area contributed by atoms with Crippen molar-refractivity contribution in [2.24, 2.45) is 41.1 Å². The molecule has 15 atom stereocenters. The van der Waals surface area contributed by atoms with Crippen molar-refractivity contribution in [1.29, 1.82) is 0 Å². The molecule has 33 heteroatoms. The number of primary amides is 1. The van der Waals surface area contributed by atoms with Crippen LogP contribution in [0.1, 0.15) is 139 Å². The quantitative estimate of drug-likeness (QED) is 0.0325. The molecule has 1 aromatic heterocycles. The Labute approximate surface area is 611 Å². The number of carboxylic acid groups (broad SMARTS) is 1. The number of thioether (sulfide) groups is 1. The predicted molar refractivity (Wildman–Crippen MR) is 391 cm³/mol. The van der Waals surface area contributed by atoms with Gasteiger partial charge in [0.2, 0.25) is 76.8 Å². The molecule has 3 aromatic rings. The lowest BCUT2D eigenvalue weighted by Gasteiger charge is -2.30. The number of amides is 13. The summed E-state index contributed by atoms with van der Waals surface area (Å²) < 4.78 is 0. The van der Waals surface area contributed by atoms with Gasteiger partial charge in [-0.05, 0) is 91.4 Å². The van der Waals surface area contributed by atoms with Crippen molar-refractivity contribution in [3.8, 4) is 0 Å². The van der Waals surface area contributed by atoms with Gasteiger partial charge >= 0.3 is 5.97 Å². The summed E-state index contributed by atoms with van der Waals surface area (Å²) in [5, 5.41) is 62.1. The zero-order chi connectivity index (χ0) is 78.1. The summed E-state index contributed by atoms with van der Waals surface area (Å²) in [6, 6.07) is -1.02. The van der Waals surface area contributed by atoms with Crippen molar-refractivity contribution < 1.29 is 82.4 Å². The second-order valence-electron chi connectivity index (χ2n) is 27.2. The highest BCUT2D eigenvalue weighted by Crippen LogP contribution is 2.21. The van der Waals surface area contributed by atoms with E-state index in [-0.39, 0.29) is 50.4 Å². The second kappa shape index (κ2) is 45.1. The number of fused-ring (bicyclic) bond motifs is 1. The van der Waals surface area contributed by atoms with Gasteiger partial charge in [-0.2, -0.15) is 11.8 Å². The topological polar surface area (TPSA) is 512 Å². The van der Waals surface area contributed by atoms with Crippen LogP contribution in [-0.2, 0) is 80.0 Å². The van der Waals surface area contributed by atoms with Crippen molar-refractivity contribution in [2.75, 3.05) is 31.8 Å². The summed E-state index contributed by atoms with van der Waals surface area (Å²) in [6.07, 6.45) is 3.63. The second-order valence-corrected chi connectivity index (χ2v) is 28.1. The fourth-order valence-corrected chi connectivity index (χ4v) is 11.4. The third-order valence-corrected chi connectivity index (χ3v) is 18.4. The summed E-state index contributed by atoms with van der Waals surface area (Å²) in [7, 11) is 0. The van der Waals surface area contributed by atoms with Crippen LogP contribution in [0, 0.1) is 29.6 Å². The Morgan fingerprint density at radius 1 is 0.471 bits per heavy atom.